The number of para-hydroxylation sites is 3. The molecule has 4 aromatic heterocycles. The highest BCUT2D eigenvalue weighted by molar-refractivity contribution is 7.17. The molecule has 0 amide bonds. The smallest absolute Gasteiger partial charge is 0.159 e. The first-order chi connectivity index (χ1) is 21.3. The topological polar surface area (TPSA) is 34.2 Å². The molecule has 6 heteroatoms. The Balaban J connectivity index is 1.36. The van der Waals surface area contributed by atoms with E-state index in [9.17, 15) is 0 Å². The van der Waals surface area contributed by atoms with Gasteiger partial charge >= 0.3 is 0 Å². The molecule has 0 saturated carbocycles. The first-order valence-electron chi connectivity index (χ1n) is 14.1. The van der Waals surface area contributed by atoms with Gasteiger partial charge in [-0.25, -0.2) is 4.98 Å². The minimum absolute atomic E-state index is 0.624. The lowest BCUT2D eigenvalue weighted by molar-refractivity contribution is 0.669. The second-order valence-electron chi connectivity index (χ2n) is 10.5. The van der Waals surface area contributed by atoms with Crippen LogP contribution in [0.1, 0.15) is 0 Å². The maximum atomic E-state index is 7.53. The van der Waals surface area contributed by atoms with Gasteiger partial charge in [0.05, 0.1) is 33.3 Å². The first-order valence-corrected chi connectivity index (χ1v) is 15.3. The molecule has 0 radical (unpaired) electrons. The van der Waals surface area contributed by atoms with Crippen LogP contribution in [0.2, 0.25) is 5.02 Å². The summed E-state index contributed by atoms with van der Waals surface area (Å²) < 4.78 is 9.93. The van der Waals surface area contributed by atoms with E-state index in [0.29, 0.717) is 5.02 Å². The largest absolute Gasteiger partial charge is 0.454 e. The van der Waals surface area contributed by atoms with E-state index in [2.05, 4.69) is 112 Å². The maximum absolute atomic E-state index is 7.53. The van der Waals surface area contributed by atoms with Crippen molar-refractivity contribution in [1.29, 1.82) is 0 Å². The van der Waals surface area contributed by atoms with E-state index in [0.717, 1.165) is 72.0 Å². The Bertz CT molecular complexity index is 2450. The van der Waals surface area contributed by atoms with E-state index in [1.165, 1.54) is 4.70 Å². The lowest BCUT2D eigenvalue weighted by Gasteiger charge is -2.27. The summed E-state index contributed by atoms with van der Waals surface area (Å²) in [6.07, 6.45) is 1.83. The molecule has 4 nitrogen and oxygen atoms in total. The summed E-state index contributed by atoms with van der Waals surface area (Å²) in [5.74, 6) is 0. The maximum Gasteiger partial charge on any atom is 0.159 e. The van der Waals surface area contributed by atoms with Crippen molar-refractivity contribution in [2.45, 2.75) is 0 Å². The lowest BCUT2D eigenvalue weighted by Crippen LogP contribution is -2.11. The number of rotatable bonds is 4. The van der Waals surface area contributed by atoms with Gasteiger partial charge in [-0.2, -0.15) is 0 Å². The molecule has 0 atom stereocenters. The zero-order valence-electron chi connectivity index (χ0n) is 22.7. The van der Waals surface area contributed by atoms with Crippen LogP contribution in [0.25, 0.3) is 59.6 Å². The third-order valence-electron chi connectivity index (χ3n) is 8.20. The normalized spacial score (nSPS) is 11.8. The molecular formula is C37H22ClN3OS. The number of nitrogens with zero attached hydrogens (tertiary/aromatic N) is 3. The van der Waals surface area contributed by atoms with E-state index in [1.807, 2.05) is 30.5 Å². The summed E-state index contributed by atoms with van der Waals surface area (Å²) in [6, 6.07) is 41.7. The summed E-state index contributed by atoms with van der Waals surface area (Å²) >= 11 is 9.25. The molecule has 0 spiro atoms. The summed E-state index contributed by atoms with van der Waals surface area (Å²) in [6.45, 7) is 0. The van der Waals surface area contributed by atoms with E-state index in [1.54, 1.807) is 11.3 Å². The Morgan fingerprint density at radius 1 is 0.628 bits per heavy atom. The standard InChI is InChI=1S/C37H22ClN3OS/c38-35-29(16-8-17-30(35)41-28-15-4-1-10-23(28)26-14-9-21-39-37(26)41)40(32-22-43-34-20-6-3-12-27(32)34)31-18-7-13-25-24-11-2-5-19-33(24)42-36(25)31/h1-22H. The van der Waals surface area contributed by atoms with Gasteiger partial charge in [0.1, 0.15) is 11.2 Å². The number of thiophene rings is 1. The van der Waals surface area contributed by atoms with E-state index in [4.69, 9.17) is 21.0 Å². The van der Waals surface area contributed by atoms with Crippen LogP contribution in [0.3, 0.4) is 0 Å². The summed E-state index contributed by atoms with van der Waals surface area (Å²) in [5.41, 5.74) is 7.31. The van der Waals surface area contributed by atoms with Crippen LogP contribution in [-0.2, 0) is 0 Å². The molecule has 0 unspecified atom stereocenters. The molecule has 4 heterocycles. The number of hydrogen-bond acceptors (Lipinski definition) is 4. The van der Waals surface area contributed by atoms with Crippen LogP contribution in [0.5, 0.6) is 0 Å². The zero-order chi connectivity index (χ0) is 28.5. The minimum atomic E-state index is 0.624. The highest BCUT2D eigenvalue weighted by Crippen LogP contribution is 2.49. The van der Waals surface area contributed by atoms with Gasteiger partial charge < -0.3 is 9.32 Å². The number of aromatic nitrogens is 2. The van der Waals surface area contributed by atoms with Crippen molar-refractivity contribution in [1.82, 2.24) is 9.55 Å². The number of fused-ring (bicyclic) bond motifs is 7. The Kier molecular flexibility index (Phi) is 5.39. The third kappa shape index (κ3) is 3.59. The van der Waals surface area contributed by atoms with Gasteiger partial charge in [-0.1, -0.05) is 84.4 Å². The Morgan fingerprint density at radius 3 is 2.28 bits per heavy atom. The lowest BCUT2D eigenvalue weighted by atomic mass is 10.1. The van der Waals surface area contributed by atoms with Gasteiger partial charge in [-0.05, 0) is 48.5 Å². The molecule has 5 aromatic carbocycles. The number of benzene rings is 5. The average Bonchev–Trinajstić information content (AvgIpc) is 3.75. The van der Waals surface area contributed by atoms with Crippen LogP contribution in [0, 0.1) is 0 Å². The molecule has 0 N–H and O–H groups in total. The summed E-state index contributed by atoms with van der Waals surface area (Å²) in [4.78, 5) is 7.05. The average molecular weight is 592 g/mol. The molecule has 9 rings (SSSR count). The monoisotopic (exact) mass is 591 g/mol. The third-order valence-corrected chi connectivity index (χ3v) is 9.54. The quantitative estimate of drug-likeness (QED) is 0.204. The van der Waals surface area contributed by atoms with Crippen molar-refractivity contribution in [3.05, 3.63) is 138 Å². The second kappa shape index (κ2) is 9.46. The van der Waals surface area contributed by atoms with Gasteiger partial charge in [-0.3, -0.25) is 4.57 Å². The first kappa shape index (κ1) is 24.5. The van der Waals surface area contributed by atoms with Gasteiger partial charge in [0, 0.05) is 43.2 Å². The van der Waals surface area contributed by atoms with Gasteiger partial charge in [0.25, 0.3) is 0 Å². The van der Waals surface area contributed by atoms with Crippen molar-refractivity contribution in [3.8, 4) is 5.69 Å². The van der Waals surface area contributed by atoms with E-state index >= 15 is 0 Å². The molecule has 0 saturated heterocycles. The van der Waals surface area contributed by atoms with Crippen LogP contribution < -0.4 is 4.90 Å². The summed E-state index contributed by atoms with van der Waals surface area (Å²) in [5, 5.41) is 8.37. The van der Waals surface area contributed by atoms with Crippen molar-refractivity contribution in [2.75, 3.05) is 4.90 Å². The number of anilines is 3. The predicted molar refractivity (Wildman–Crippen MR) is 181 cm³/mol. The van der Waals surface area contributed by atoms with E-state index in [-0.39, 0.29) is 0 Å². The van der Waals surface area contributed by atoms with Gasteiger partial charge in [-0.15, -0.1) is 11.3 Å². The number of pyridine rings is 1. The summed E-state index contributed by atoms with van der Waals surface area (Å²) in [7, 11) is 0. The molecule has 43 heavy (non-hydrogen) atoms. The fourth-order valence-corrected chi connectivity index (χ4v) is 7.55. The molecule has 204 valence electrons. The Labute approximate surface area is 255 Å². The number of hydrogen-bond donors (Lipinski definition) is 0. The van der Waals surface area contributed by atoms with Crippen molar-refractivity contribution in [2.24, 2.45) is 0 Å². The molecule has 0 bridgehead atoms. The number of furan rings is 1. The van der Waals surface area contributed by atoms with Crippen LogP contribution in [-0.4, -0.2) is 9.55 Å². The predicted octanol–water partition coefficient (Wildman–Crippen LogP) is 11.4. The van der Waals surface area contributed by atoms with Crippen LogP contribution in [0.4, 0.5) is 17.1 Å². The van der Waals surface area contributed by atoms with E-state index < -0.39 is 0 Å². The molecule has 0 fully saturated rings. The SMILES string of the molecule is Clc1c(N(c2csc3ccccc23)c2cccc3c2oc2ccccc23)cccc1-n1c2ccccc2c2cccnc21. The molecule has 0 aliphatic heterocycles. The van der Waals surface area contributed by atoms with Gasteiger partial charge in [0.2, 0.25) is 0 Å². The van der Waals surface area contributed by atoms with Crippen molar-refractivity contribution < 1.29 is 4.42 Å². The van der Waals surface area contributed by atoms with Crippen molar-refractivity contribution in [3.63, 3.8) is 0 Å². The fraction of sp³-hybridized carbons (Fsp3) is 0. The molecule has 9 aromatic rings. The highest BCUT2D eigenvalue weighted by atomic mass is 35.5. The van der Waals surface area contributed by atoms with Gasteiger partial charge in [0.15, 0.2) is 5.58 Å². The molecule has 0 aliphatic rings. The van der Waals surface area contributed by atoms with Crippen LogP contribution >= 0.6 is 22.9 Å². The minimum Gasteiger partial charge on any atom is -0.454 e. The molecular weight excluding hydrogens is 570 g/mol. The fourth-order valence-electron chi connectivity index (χ4n) is 6.33. The Hall–Kier alpha value is -5.10. The Morgan fingerprint density at radius 2 is 1.35 bits per heavy atom. The number of halogens is 1. The molecule has 0 aliphatic carbocycles. The zero-order valence-corrected chi connectivity index (χ0v) is 24.3. The van der Waals surface area contributed by atoms with Crippen molar-refractivity contribution >= 4 is 94.0 Å². The van der Waals surface area contributed by atoms with Crippen LogP contribution in [0.15, 0.2) is 137 Å². The second-order valence-corrected chi connectivity index (χ2v) is 11.8. The highest BCUT2D eigenvalue weighted by Gasteiger charge is 2.25.